The Labute approximate surface area is 108 Å². The molecule has 96 valence electrons. The molecule has 0 atom stereocenters. The van der Waals surface area contributed by atoms with Crippen molar-refractivity contribution in [2.24, 2.45) is 0 Å². The topological polar surface area (TPSA) is 85.3 Å². The van der Waals surface area contributed by atoms with Crippen LogP contribution in [0.25, 0.3) is 5.65 Å². The molecule has 3 heterocycles. The average Bonchev–Trinajstić information content (AvgIpc) is 2.95. The minimum Gasteiger partial charge on any atom is -0.476 e. The minimum atomic E-state index is -1.09. The largest absolute Gasteiger partial charge is 0.476 e. The van der Waals surface area contributed by atoms with E-state index in [4.69, 9.17) is 5.11 Å². The third-order valence-electron chi connectivity index (χ3n) is 2.73. The quantitative estimate of drug-likeness (QED) is 0.756. The van der Waals surface area contributed by atoms with Crippen molar-refractivity contribution in [3.8, 4) is 0 Å². The number of fused-ring (bicyclic) bond motifs is 1. The standard InChI is InChI=1S/C12H11N5O2/c1-8-2-3-11-13-9(5-16(11)4-8)6-17-7-10(12(18)19)14-15-17/h2-5,7H,6H2,1H3,(H,18,19). The number of carboxylic acids is 1. The van der Waals surface area contributed by atoms with Gasteiger partial charge in [-0.15, -0.1) is 5.10 Å². The highest BCUT2D eigenvalue weighted by Gasteiger charge is 2.09. The number of aromatic nitrogens is 5. The number of rotatable bonds is 3. The van der Waals surface area contributed by atoms with Crippen LogP contribution in [-0.2, 0) is 6.54 Å². The fourth-order valence-corrected chi connectivity index (χ4v) is 1.87. The predicted octanol–water partition coefficient (Wildman–Crippen LogP) is 0.981. The van der Waals surface area contributed by atoms with E-state index >= 15 is 0 Å². The molecule has 0 aliphatic rings. The second-order valence-electron chi connectivity index (χ2n) is 4.31. The molecule has 7 heteroatoms. The van der Waals surface area contributed by atoms with E-state index in [1.165, 1.54) is 10.9 Å². The molecule has 0 saturated heterocycles. The summed E-state index contributed by atoms with van der Waals surface area (Å²) in [5, 5.41) is 16.1. The van der Waals surface area contributed by atoms with Crippen LogP contribution in [0.4, 0.5) is 0 Å². The highest BCUT2D eigenvalue weighted by atomic mass is 16.4. The van der Waals surface area contributed by atoms with Gasteiger partial charge in [0.05, 0.1) is 18.4 Å². The Hall–Kier alpha value is -2.70. The van der Waals surface area contributed by atoms with Crippen molar-refractivity contribution in [2.75, 3.05) is 0 Å². The summed E-state index contributed by atoms with van der Waals surface area (Å²) >= 11 is 0. The lowest BCUT2D eigenvalue weighted by Gasteiger charge is -1.93. The molecule has 0 amide bonds. The molecule has 0 unspecified atom stereocenters. The molecule has 0 aliphatic carbocycles. The fourth-order valence-electron chi connectivity index (χ4n) is 1.87. The van der Waals surface area contributed by atoms with Crippen molar-refractivity contribution < 1.29 is 9.90 Å². The Morgan fingerprint density at radius 2 is 2.16 bits per heavy atom. The lowest BCUT2D eigenvalue weighted by atomic mass is 10.3. The van der Waals surface area contributed by atoms with Crippen molar-refractivity contribution >= 4 is 11.6 Å². The molecular weight excluding hydrogens is 246 g/mol. The summed E-state index contributed by atoms with van der Waals surface area (Å²) in [6, 6.07) is 3.92. The summed E-state index contributed by atoms with van der Waals surface area (Å²) in [4.78, 5) is 15.1. The SMILES string of the molecule is Cc1ccc2nc(Cn3cc(C(=O)O)nn3)cn2c1. The molecule has 0 bridgehead atoms. The molecule has 0 radical (unpaired) electrons. The monoisotopic (exact) mass is 257 g/mol. The van der Waals surface area contributed by atoms with E-state index in [0.29, 0.717) is 6.54 Å². The van der Waals surface area contributed by atoms with Gasteiger partial charge in [0.1, 0.15) is 5.65 Å². The van der Waals surface area contributed by atoms with E-state index < -0.39 is 5.97 Å². The van der Waals surface area contributed by atoms with Crippen LogP contribution in [-0.4, -0.2) is 35.5 Å². The number of hydrogen-bond acceptors (Lipinski definition) is 4. The van der Waals surface area contributed by atoms with Gasteiger partial charge in [-0.05, 0) is 18.6 Å². The lowest BCUT2D eigenvalue weighted by molar-refractivity contribution is 0.0690. The number of aryl methyl sites for hydroxylation is 1. The second kappa shape index (κ2) is 4.20. The van der Waals surface area contributed by atoms with E-state index in [0.717, 1.165) is 16.9 Å². The Balaban J connectivity index is 1.89. The molecule has 1 N–H and O–H groups in total. The van der Waals surface area contributed by atoms with Gasteiger partial charge in [-0.2, -0.15) is 0 Å². The summed E-state index contributed by atoms with van der Waals surface area (Å²) in [6.07, 6.45) is 5.26. The minimum absolute atomic E-state index is 0.0698. The first-order chi connectivity index (χ1) is 9.11. The molecule has 7 nitrogen and oxygen atoms in total. The number of nitrogens with zero attached hydrogens (tertiary/aromatic N) is 5. The predicted molar refractivity (Wildman–Crippen MR) is 66.0 cm³/mol. The van der Waals surface area contributed by atoms with Crippen molar-refractivity contribution in [1.29, 1.82) is 0 Å². The third-order valence-corrected chi connectivity index (χ3v) is 2.73. The second-order valence-corrected chi connectivity index (χ2v) is 4.31. The van der Waals surface area contributed by atoms with E-state index in [2.05, 4.69) is 15.3 Å². The molecular formula is C12H11N5O2. The lowest BCUT2D eigenvalue weighted by Crippen LogP contribution is -2.00. The van der Waals surface area contributed by atoms with Crippen LogP contribution < -0.4 is 0 Å². The first-order valence-corrected chi connectivity index (χ1v) is 5.69. The van der Waals surface area contributed by atoms with Crippen molar-refractivity contribution in [3.63, 3.8) is 0 Å². The van der Waals surface area contributed by atoms with Crippen molar-refractivity contribution in [2.45, 2.75) is 13.5 Å². The Morgan fingerprint density at radius 1 is 1.32 bits per heavy atom. The molecule has 0 aromatic carbocycles. The van der Waals surface area contributed by atoms with Crippen LogP contribution in [0, 0.1) is 6.92 Å². The van der Waals surface area contributed by atoms with Gasteiger partial charge in [-0.25, -0.2) is 14.5 Å². The van der Waals surface area contributed by atoms with E-state index in [1.54, 1.807) is 0 Å². The van der Waals surface area contributed by atoms with Crippen LogP contribution in [0.5, 0.6) is 0 Å². The van der Waals surface area contributed by atoms with E-state index in [9.17, 15) is 4.79 Å². The van der Waals surface area contributed by atoms with E-state index in [1.807, 2.05) is 35.9 Å². The van der Waals surface area contributed by atoms with Crippen molar-refractivity contribution in [3.05, 3.63) is 47.7 Å². The van der Waals surface area contributed by atoms with Crippen LogP contribution >= 0.6 is 0 Å². The Bertz CT molecular complexity index is 758. The summed E-state index contributed by atoms with van der Waals surface area (Å²) in [5.74, 6) is -1.09. The normalized spacial score (nSPS) is 11.0. The molecule has 3 aromatic rings. The first-order valence-electron chi connectivity index (χ1n) is 5.69. The fraction of sp³-hybridized carbons (Fsp3) is 0.167. The van der Waals surface area contributed by atoms with Crippen LogP contribution in [0.1, 0.15) is 21.7 Å². The molecule has 3 rings (SSSR count). The summed E-state index contributed by atoms with van der Waals surface area (Å²) in [5.41, 5.74) is 2.72. The maximum absolute atomic E-state index is 10.7. The van der Waals surface area contributed by atoms with Gasteiger partial charge in [0.2, 0.25) is 0 Å². The zero-order valence-corrected chi connectivity index (χ0v) is 10.2. The summed E-state index contributed by atoms with van der Waals surface area (Å²) < 4.78 is 3.39. The Morgan fingerprint density at radius 3 is 2.89 bits per heavy atom. The van der Waals surface area contributed by atoms with Crippen molar-refractivity contribution in [1.82, 2.24) is 24.4 Å². The number of pyridine rings is 1. The van der Waals surface area contributed by atoms with Crippen LogP contribution in [0.3, 0.4) is 0 Å². The van der Waals surface area contributed by atoms with Gasteiger partial charge in [-0.3, -0.25) is 0 Å². The summed E-state index contributed by atoms with van der Waals surface area (Å²) in [6.45, 7) is 2.40. The average molecular weight is 257 g/mol. The molecule has 0 fully saturated rings. The highest BCUT2D eigenvalue weighted by molar-refractivity contribution is 5.84. The number of imidazole rings is 1. The van der Waals surface area contributed by atoms with Gasteiger partial charge in [0.25, 0.3) is 0 Å². The number of hydrogen-bond donors (Lipinski definition) is 1. The van der Waals surface area contributed by atoms with Crippen LogP contribution in [0.2, 0.25) is 0 Å². The van der Waals surface area contributed by atoms with Gasteiger partial charge >= 0.3 is 5.97 Å². The van der Waals surface area contributed by atoms with Gasteiger partial charge < -0.3 is 9.51 Å². The van der Waals surface area contributed by atoms with Crippen LogP contribution in [0.15, 0.2) is 30.7 Å². The number of carbonyl (C=O) groups is 1. The maximum atomic E-state index is 10.7. The molecule has 0 saturated carbocycles. The first kappa shape index (κ1) is 11.4. The van der Waals surface area contributed by atoms with Gasteiger partial charge in [-0.1, -0.05) is 11.3 Å². The smallest absolute Gasteiger partial charge is 0.358 e. The molecule has 19 heavy (non-hydrogen) atoms. The zero-order valence-electron chi connectivity index (χ0n) is 10.2. The van der Waals surface area contributed by atoms with E-state index in [-0.39, 0.29) is 5.69 Å². The molecule has 0 spiro atoms. The maximum Gasteiger partial charge on any atom is 0.358 e. The molecule has 0 aliphatic heterocycles. The summed E-state index contributed by atoms with van der Waals surface area (Å²) in [7, 11) is 0. The number of aromatic carboxylic acids is 1. The third kappa shape index (κ3) is 2.17. The van der Waals surface area contributed by atoms with Gasteiger partial charge in [0, 0.05) is 12.4 Å². The number of carboxylic acid groups (broad SMARTS) is 1. The van der Waals surface area contributed by atoms with Gasteiger partial charge in [0.15, 0.2) is 5.69 Å². The highest BCUT2D eigenvalue weighted by Crippen LogP contribution is 2.08. The molecule has 3 aromatic heterocycles. The Kier molecular flexibility index (Phi) is 2.52. The zero-order chi connectivity index (χ0) is 13.4.